The Morgan fingerprint density at radius 1 is 1.28 bits per heavy atom. The van der Waals surface area contributed by atoms with E-state index in [4.69, 9.17) is 9.84 Å². The maximum Gasteiger partial charge on any atom is 0.329 e. The molecule has 1 rings (SSSR count). The first-order chi connectivity index (χ1) is 8.59. The fourth-order valence-corrected chi connectivity index (χ4v) is 1.90. The summed E-state index contributed by atoms with van der Waals surface area (Å²) in [6.07, 6.45) is 3.01. The molecule has 2 atom stereocenters. The van der Waals surface area contributed by atoms with Gasteiger partial charge in [-0.3, -0.25) is 0 Å². The number of urea groups is 1. The minimum Gasteiger partial charge on any atom is -0.480 e. The number of hydrogen-bond donors (Lipinski definition) is 4. The van der Waals surface area contributed by atoms with E-state index in [0.717, 1.165) is 19.3 Å². The standard InChI is InChI=1S/C11H20N2O5/c14-9-4-2-1-3-8(9)13-11(17)12-5-6-18-7-10(15)16/h8-9,14H,1-7H2,(H,15,16)(H2,12,13,17). The van der Waals surface area contributed by atoms with Crippen LogP contribution in [0.3, 0.4) is 0 Å². The summed E-state index contributed by atoms with van der Waals surface area (Å²) in [5.74, 6) is -1.04. The molecule has 18 heavy (non-hydrogen) atoms. The first-order valence-corrected chi connectivity index (χ1v) is 6.11. The number of aliphatic hydroxyl groups is 1. The summed E-state index contributed by atoms with van der Waals surface area (Å²) in [5, 5.41) is 23.2. The number of carbonyl (C=O) groups excluding carboxylic acids is 1. The second-order valence-electron chi connectivity index (χ2n) is 4.30. The molecule has 0 aromatic carbocycles. The van der Waals surface area contributed by atoms with Crippen molar-refractivity contribution in [2.75, 3.05) is 19.8 Å². The molecule has 0 heterocycles. The van der Waals surface area contributed by atoms with Gasteiger partial charge in [0.05, 0.1) is 18.8 Å². The molecule has 2 amide bonds. The Bertz CT molecular complexity index is 285. The van der Waals surface area contributed by atoms with Crippen molar-refractivity contribution in [1.82, 2.24) is 10.6 Å². The Hall–Kier alpha value is -1.34. The van der Waals surface area contributed by atoms with Crippen LogP contribution < -0.4 is 10.6 Å². The highest BCUT2D eigenvalue weighted by Gasteiger charge is 2.24. The fraction of sp³-hybridized carbons (Fsp3) is 0.818. The monoisotopic (exact) mass is 260 g/mol. The molecule has 1 saturated carbocycles. The van der Waals surface area contributed by atoms with Crippen LogP contribution in [-0.2, 0) is 9.53 Å². The normalized spacial score (nSPS) is 23.4. The van der Waals surface area contributed by atoms with E-state index in [-0.39, 0.29) is 31.8 Å². The average molecular weight is 260 g/mol. The van der Waals surface area contributed by atoms with Crippen LogP contribution in [0, 0.1) is 0 Å². The van der Waals surface area contributed by atoms with Crippen LogP contribution in [0.15, 0.2) is 0 Å². The predicted octanol–water partition coefficient (Wildman–Crippen LogP) is -0.310. The van der Waals surface area contributed by atoms with Crippen LogP contribution >= 0.6 is 0 Å². The molecule has 0 spiro atoms. The van der Waals surface area contributed by atoms with Gasteiger partial charge in [-0.1, -0.05) is 12.8 Å². The number of carboxylic acids is 1. The van der Waals surface area contributed by atoms with Gasteiger partial charge in [0.2, 0.25) is 0 Å². The largest absolute Gasteiger partial charge is 0.480 e. The number of carbonyl (C=O) groups is 2. The number of rotatable bonds is 6. The fourth-order valence-electron chi connectivity index (χ4n) is 1.90. The van der Waals surface area contributed by atoms with Crippen molar-refractivity contribution in [2.45, 2.75) is 37.8 Å². The lowest BCUT2D eigenvalue weighted by Gasteiger charge is -2.28. The number of nitrogens with one attached hydrogen (secondary N) is 2. The van der Waals surface area contributed by atoms with Crippen LogP contribution in [0.4, 0.5) is 4.79 Å². The van der Waals surface area contributed by atoms with E-state index in [9.17, 15) is 14.7 Å². The van der Waals surface area contributed by atoms with Gasteiger partial charge in [-0.25, -0.2) is 9.59 Å². The molecular formula is C11H20N2O5. The maximum atomic E-state index is 11.4. The van der Waals surface area contributed by atoms with Crippen LogP contribution in [0.25, 0.3) is 0 Å². The Morgan fingerprint density at radius 3 is 2.67 bits per heavy atom. The molecule has 0 aromatic heterocycles. The molecule has 104 valence electrons. The van der Waals surface area contributed by atoms with Crippen molar-refractivity contribution in [3.63, 3.8) is 0 Å². The molecular weight excluding hydrogens is 240 g/mol. The van der Waals surface area contributed by atoms with Crippen molar-refractivity contribution in [2.24, 2.45) is 0 Å². The lowest BCUT2D eigenvalue weighted by atomic mass is 9.93. The van der Waals surface area contributed by atoms with Crippen LogP contribution in [0.1, 0.15) is 25.7 Å². The summed E-state index contributed by atoms with van der Waals surface area (Å²) in [4.78, 5) is 21.6. The van der Waals surface area contributed by atoms with Crippen molar-refractivity contribution in [3.05, 3.63) is 0 Å². The number of ether oxygens (including phenoxy) is 1. The molecule has 1 aliphatic rings. The summed E-state index contributed by atoms with van der Waals surface area (Å²) in [7, 11) is 0. The van der Waals surface area contributed by atoms with E-state index in [1.165, 1.54) is 0 Å². The van der Waals surface area contributed by atoms with Gasteiger partial charge in [0.25, 0.3) is 0 Å². The molecule has 4 N–H and O–H groups in total. The maximum absolute atomic E-state index is 11.4. The van der Waals surface area contributed by atoms with Crippen LogP contribution in [0.5, 0.6) is 0 Å². The van der Waals surface area contributed by atoms with Gasteiger partial charge in [-0.05, 0) is 12.8 Å². The van der Waals surface area contributed by atoms with Crippen LogP contribution in [-0.4, -0.2) is 54.1 Å². The third-order valence-corrected chi connectivity index (χ3v) is 2.80. The Kier molecular flexibility index (Phi) is 6.45. The molecule has 0 bridgehead atoms. The number of hydrogen-bond acceptors (Lipinski definition) is 4. The Labute approximate surface area is 106 Å². The lowest BCUT2D eigenvalue weighted by molar-refractivity contribution is -0.142. The number of aliphatic hydroxyl groups excluding tert-OH is 1. The second-order valence-corrected chi connectivity index (χ2v) is 4.30. The number of aliphatic carboxylic acids is 1. The molecule has 0 radical (unpaired) electrons. The number of carboxylic acid groups (broad SMARTS) is 1. The van der Waals surface area contributed by atoms with Gasteiger partial charge < -0.3 is 25.6 Å². The highest BCUT2D eigenvalue weighted by molar-refractivity contribution is 5.74. The summed E-state index contributed by atoms with van der Waals surface area (Å²) >= 11 is 0. The highest BCUT2D eigenvalue weighted by atomic mass is 16.5. The minimum atomic E-state index is -1.04. The molecule has 7 nitrogen and oxygen atoms in total. The molecule has 1 aliphatic carbocycles. The molecule has 2 unspecified atom stereocenters. The Morgan fingerprint density at radius 2 is 2.00 bits per heavy atom. The van der Waals surface area contributed by atoms with Gasteiger partial charge in [0.1, 0.15) is 6.61 Å². The summed E-state index contributed by atoms with van der Waals surface area (Å²) in [6, 6.07) is -0.557. The molecule has 0 saturated heterocycles. The molecule has 0 aliphatic heterocycles. The van der Waals surface area contributed by atoms with E-state index >= 15 is 0 Å². The SMILES string of the molecule is O=C(O)COCCNC(=O)NC1CCCCC1O. The topological polar surface area (TPSA) is 108 Å². The van der Waals surface area contributed by atoms with E-state index in [0.29, 0.717) is 6.42 Å². The molecule has 0 aromatic rings. The van der Waals surface area contributed by atoms with Crippen molar-refractivity contribution in [1.29, 1.82) is 0 Å². The molecule has 1 fully saturated rings. The summed E-state index contributed by atoms with van der Waals surface area (Å²) in [6.45, 7) is 0.0134. The summed E-state index contributed by atoms with van der Waals surface area (Å²) < 4.78 is 4.77. The zero-order valence-electron chi connectivity index (χ0n) is 10.2. The quantitative estimate of drug-likeness (QED) is 0.490. The molecule has 7 heteroatoms. The van der Waals surface area contributed by atoms with E-state index in [2.05, 4.69) is 10.6 Å². The van der Waals surface area contributed by atoms with Crippen molar-refractivity contribution in [3.8, 4) is 0 Å². The third-order valence-electron chi connectivity index (χ3n) is 2.80. The van der Waals surface area contributed by atoms with Gasteiger partial charge in [0.15, 0.2) is 0 Å². The van der Waals surface area contributed by atoms with Crippen molar-refractivity contribution >= 4 is 12.0 Å². The van der Waals surface area contributed by atoms with E-state index in [1.54, 1.807) is 0 Å². The van der Waals surface area contributed by atoms with Gasteiger partial charge >= 0.3 is 12.0 Å². The highest BCUT2D eigenvalue weighted by Crippen LogP contribution is 2.17. The lowest BCUT2D eigenvalue weighted by Crippen LogP contribution is -2.49. The second kappa shape index (κ2) is 7.88. The Balaban J connectivity index is 2.07. The smallest absolute Gasteiger partial charge is 0.329 e. The summed E-state index contributed by atoms with van der Waals surface area (Å²) in [5.41, 5.74) is 0. The number of amides is 2. The first kappa shape index (κ1) is 14.7. The van der Waals surface area contributed by atoms with E-state index < -0.39 is 12.1 Å². The zero-order chi connectivity index (χ0) is 13.4. The van der Waals surface area contributed by atoms with E-state index in [1.807, 2.05) is 0 Å². The average Bonchev–Trinajstić information content (AvgIpc) is 2.31. The van der Waals surface area contributed by atoms with Crippen LogP contribution in [0.2, 0.25) is 0 Å². The predicted molar refractivity (Wildman–Crippen MR) is 63.3 cm³/mol. The van der Waals surface area contributed by atoms with Gasteiger partial charge in [0, 0.05) is 6.54 Å². The third kappa shape index (κ3) is 5.83. The first-order valence-electron chi connectivity index (χ1n) is 6.11. The van der Waals surface area contributed by atoms with Gasteiger partial charge in [-0.2, -0.15) is 0 Å². The van der Waals surface area contributed by atoms with Gasteiger partial charge in [-0.15, -0.1) is 0 Å². The zero-order valence-corrected chi connectivity index (χ0v) is 10.2. The minimum absolute atomic E-state index is 0.146. The van der Waals surface area contributed by atoms with Crippen molar-refractivity contribution < 1.29 is 24.5 Å².